The standard InChI is InChI=1S/C20H17F3N4O/c1-12-6-3-4-9-16(12)27-18-11-17(24-13(2)25-18)19(28)26-15-8-5-7-14(10-15)20(21,22)23/h3-11H,1-2H3,(H,26,28)(H,24,25,27). The van der Waals surface area contributed by atoms with Crippen molar-refractivity contribution in [2.45, 2.75) is 20.0 Å². The van der Waals surface area contributed by atoms with E-state index in [9.17, 15) is 18.0 Å². The van der Waals surface area contributed by atoms with Gasteiger partial charge in [-0.3, -0.25) is 4.79 Å². The highest BCUT2D eigenvalue weighted by Crippen LogP contribution is 2.30. The maximum absolute atomic E-state index is 12.8. The Morgan fingerprint density at radius 1 is 0.964 bits per heavy atom. The summed E-state index contributed by atoms with van der Waals surface area (Å²) in [4.78, 5) is 20.8. The van der Waals surface area contributed by atoms with Gasteiger partial charge in [-0.1, -0.05) is 24.3 Å². The molecule has 1 amide bonds. The van der Waals surface area contributed by atoms with Crippen molar-refractivity contribution < 1.29 is 18.0 Å². The van der Waals surface area contributed by atoms with Crippen LogP contribution in [0.3, 0.4) is 0 Å². The number of hydrogen-bond acceptors (Lipinski definition) is 4. The van der Waals surface area contributed by atoms with Crippen LogP contribution in [0.15, 0.2) is 54.6 Å². The first-order chi connectivity index (χ1) is 13.2. The van der Waals surface area contributed by atoms with Crippen LogP contribution in [0.2, 0.25) is 0 Å². The Morgan fingerprint density at radius 2 is 1.71 bits per heavy atom. The van der Waals surface area contributed by atoms with E-state index in [1.54, 1.807) is 6.92 Å². The highest BCUT2D eigenvalue weighted by Gasteiger charge is 2.30. The molecule has 0 fully saturated rings. The number of hydrogen-bond donors (Lipinski definition) is 2. The maximum atomic E-state index is 12.8. The Morgan fingerprint density at radius 3 is 2.43 bits per heavy atom. The predicted octanol–water partition coefficient (Wildman–Crippen LogP) is 5.11. The van der Waals surface area contributed by atoms with E-state index in [4.69, 9.17) is 0 Å². The van der Waals surface area contributed by atoms with E-state index >= 15 is 0 Å². The molecule has 0 bridgehead atoms. The number of carbonyl (C=O) groups is 1. The minimum absolute atomic E-state index is 0.0319. The number of aryl methyl sites for hydroxylation is 2. The van der Waals surface area contributed by atoms with Gasteiger partial charge in [0.25, 0.3) is 5.91 Å². The molecule has 1 heterocycles. The molecule has 0 spiro atoms. The van der Waals surface area contributed by atoms with Crippen LogP contribution in [0, 0.1) is 13.8 Å². The number of anilines is 3. The molecule has 28 heavy (non-hydrogen) atoms. The lowest BCUT2D eigenvalue weighted by atomic mass is 10.2. The number of nitrogens with zero attached hydrogens (tertiary/aromatic N) is 2. The zero-order valence-electron chi connectivity index (χ0n) is 15.1. The summed E-state index contributed by atoms with van der Waals surface area (Å²) in [5.41, 5.74) is 1.05. The van der Waals surface area contributed by atoms with Crippen LogP contribution in [0.5, 0.6) is 0 Å². The summed E-state index contributed by atoms with van der Waals surface area (Å²) in [6.45, 7) is 3.56. The molecule has 8 heteroatoms. The number of para-hydroxylation sites is 1. The van der Waals surface area contributed by atoms with Gasteiger partial charge in [-0.15, -0.1) is 0 Å². The minimum atomic E-state index is -4.49. The molecule has 2 aromatic carbocycles. The van der Waals surface area contributed by atoms with E-state index in [0.29, 0.717) is 11.6 Å². The van der Waals surface area contributed by atoms with E-state index in [-0.39, 0.29) is 11.4 Å². The summed E-state index contributed by atoms with van der Waals surface area (Å²) in [7, 11) is 0. The van der Waals surface area contributed by atoms with Crippen LogP contribution >= 0.6 is 0 Å². The molecule has 0 saturated carbocycles. The number of amides is 1. The number of rotatable bonds is 4. The highest BCUT2D eigenvalue weighted by molar-refractivity contribution is 6.03. The van der Waals surface area contributed by atoms with Crippen molar-refractivity contribution in [2.24, 2.45) is 0 Å². The van der Waals surface area contributed by atoms with Gasteiger partial charge in [-0.05, 0) is 43.7 Å². The van der Waals surface area contributed by atoms with Crippen LogP contribution in [-0.4, -0.2) is 15.9 Å². The van der Waals surface area contributed by atoms with E-state index in [1.165, 1.54) is 18.2 Å². The number of nitrogens with one attached hydrogen (secondary N) is 2. The summed E-state index contributed by atoms with van der Waals surface area (Å²) in [5.74, 6) is 0.140. The van der Waals surface area contributed by atoms with Crippen molar-refractivity contribution in [3.63, 3.8) is 0 Å². The second-order valence-electron chi connectivity index (χ2n) is 6.16. The fourth-order valence-corrected chi connectivity index (χ4v) is 2.57. The van der Waals surface area contributed by atoms with Crippen LogP contribution in [-0.2, 0) is 6.18 Å². The Balaban J connectivity index is 1.83. The monoisotopic (exact) mass is 386 g/mol. The molecule has 0 aliphatic rings. The summed E-state index contributed by atoms with van der Waals surface area (Å²) in [6.07, 6.45) is -4.49. The fourth-order valence-electron chi connectivity index (χ4n) is 2.57. The van der Waals surface area contributed by atoms with Crippen molar-refractivity contribution in [3.05, 3.63) is 77.2 Å². The number of alkyl halides is 3. The van der Waals surface area contributed by atoms with Gasteiger partial charge in [0, 0.05) is 17.4 Å². The molecular weight excluding hydrogens is 369 g/mol. The number of benzene rings is 2. The molecule has 144 valence electrons. The molecule has 2 N–H and O–H groups in total. The lowest BCUT2D eigenvalue weighted by molar-refractivity contribution is -0.137. The van der Waals surface area contributed by atoms with E-state index in [2.05, 4.69) is 20.6 Å². The lowest BCUT2D eigenvalue weighted by Crippen LogP contribution is -2.16. The smallest absolute Gasteiger partial charge is 0.340 e. The van der Waals surface area contributed by atoms with Gasteiger partial charge >= 0.3 is 6.18 Å². The average molecular weight is 386 g/mol. The third-order valence-corrected chi connectivity index (χ3v) is 3.93. The Hall–Kier alpha value is -3.42. The quantitative estimate of drug-likeness (QED) is 0.654. The van der Waals surface area contributed by atoms with Gasteiger partial charge < -0.3 is 10.6 Å². The lowest BCUT2D eigenvalue weighted by Gasteiger charge is -2.12. The van der Waals surface area contributed by atoms with Gasteiger partial charge in [0.2, 0.25) is 0 Å². The number of carbonyl (C=O) groups excluding carboxylic acids is 1. The van der Waals surface area contributed by atoms with Crippen molar-refractivity contribution in [2.75, 3.05) is 10.6 Å². The second kappa shape index (κ2) is 7.67. The predicted molar refractivity (Wildman–Crippen MR) is 101 cm³/mol. The van der Waals surface area contributed by atoms with Gasteiger partial charge in [0.1, 0.15) is 17.3 Å². The van der Waals surface area contributed by atoms with Crippen molar-refractivity contribution >= 4 is 23.1 Å². The van der Waals surface area contributed by atoms with Crippen LogP contribution in [0.25, 0.3) is 0 Å². The zero-order chi connectivity index (χ0) is 20.3. The normalized spacial score (nSPS) is 11.2. The van der Waals surface area contributed by atoms with Crippen LogP contribution in [0.4, 0.5) is 30.4 Å². The first kappa shape index (κ1) is 19.3. The largest absolute Gasteiger partial charge is 0.416 e. The Kier molecular flexibility index (Phi) is 5.30. The first-order valence-electron chi connectivity index (χ1n) is 8.39. The molecule has 3 aromatic rings. The topological polar surface area (TPSA) is 66.9 Å². The average Bonchev–Trinajstić information content (AvgIpc) is 2.63. The molecule has 0 unspecified atom stereocenters. The van der Waals surface area contributed by atoms with Crippen LogP contribution in [0.1, 0.15) is 27.4 Å². The Labute approximate surface area is 159 Å². The SMILES string of the molecule is Cc1nc(Nc2ccccc2C)cc(C(=O)Nc2cccc(C(F)(F)F)c2)n1. The zero-order valence-corrected chi connectivity index (χ0v) is 15.1. The van der Waals surface area contributed by atoms with Crippen LogP contribution < -0.4 is 10.6 Å². The molecule has 3 rings (SSSR count). The molecule has 0 saturated heterocycles. The summed E-state index contributed by atoms with van der Waals surface area (Å²) in [6, 6.07) is 13.4. The number of halogens is 3. The highest BCUT2D eigenvalue weighted by atomic mass is 19.4. The third-order valence-electron chi connectivity index (χ3n) is 3.93. The van der Waals surface area contributed by atoms with Gasteiger partial charge in [0.05, 0.1) is 5.56 Å². The van der Waals surface area contributed by atoms with E-state index in [1.807, 2.05) is 31.2 Å². The van der Waals surface area contributed by atoms with E-state index < -0.39 is 17.6 Å². The second-order valence-corrected chi connectivity index (χ2v) is 6.16. The Bertz CT molecular complexity index is 1020. The molecule has 1 aromatic heterocycles. The minimum Gasteiger partial charge on any atom is -0.340 e. The van der Waals surface area contributed by atoms with Gasteiger partial charge in [-0.2, -0.15) is 13.2 Å². The number of aromatic nitrogens is 2. The molecule has 5 nitrogen and oxygen atoms in total. The van der Waals surface area contributed by atoms with Gasteiger partial charge in [0.15, 0.2) is 0 Å². The fraction of sp³-hybridized carbons (Fsp3) is 0.150. The molecule has 0 radical (unpaired) electrons. The molecular formula is C20H17F3N4O. The summed E-state index contributed by atoms with van der Waals surface area (Å²) in [5, 5.41) is 5.56. The maximum Gasteiger partial charge on any atom is 0.416 e. The first-order valence-corrected chi connectivity index (χ1v) is 8.39. The van der Waals surface area contributed by atoms with Gasteiger partial charge in [-0.25, -0.2) is 9.97 Å². The molecule has 0 atom stereocenters. The van der Waals surface area contributed by atoms with Crippen molar-refractivity contribution in [1.29, 1.82) is 0 Å². The molecule has 0 aliphatic heterocycles. The van der Waals surface area contributed by atoms with Crippen molar-refractivity contribution in [1.82, 2.24) is 9.97 Å². The molecule has 0 aliphatic carbocycles. The van der Waals surface area contributed by atoms with Crippen molar-refractivity contribution in [3.8, 4) is 0 Å². The summed E-state index contributed by atoms with van der Waals surface area (Å²) >= 11 is 0. The third kappa shape index (κ3) is 4.64. The summed E-state index contributed by atoms with van der Waals surface area (Å²) < 4.78 is 38.5. The van der Waals surface area contributed by atoms with E-state index in [0.717, 1.165) is 23.4 Å².